The molecule has 1 fully saturated rings. The van der Waals surface area contributed by atoms with Gasteiger partial charge in [0.05, 0.1) is 36.3 Å². The molecule has 24 heavy (non-hydrogen) atoms. The van der Waals surface area contributed by atoms with Gasteiger partial charge in [0.2, 0.25) is 5.91 Å². The van der Waals surface area contributed by atoms with Gasteiger partial charge in [-0.05, 0) is 45.0 Å². The van der Waals surface area contributed by atoms with Gasteiger partial charge in [0, 0.05) is 18.8 Å². The van der Waals surface area contributed by atoms with Gasteiger partial charge in [-0.2, -0.15) is 0 Å². The van der Waals surface area contributed by atoms with Crippen molar-refractivity contribution in [2.45, 2.75) is 26.3 Å². The highest BCUT2D eigenvalue weighted by molar-refractivity contribution is 5.97. The van der Waals surface area contributed by atoms with Crippen molar-refractivity contribution in [1.82, 2.24) is 19.9 Å². The zero-order valence-electron chi connectivity index (χ0n) is 14.3. The van der Waals surface area contributed by atoms with E-state index in [0.717, 1.165) is 30.2 Å². The maximum Gasteiger partial charge on any atom is 0.244 e. The summed E-state index contributed by atoms with van der Waals surface area (Å²) >= 11 is 0. The normalized spacial score (nSPS) is 16.1. The fourth-order valence-electron chi connectivity index (χ4n) is 2.78. The number of carbonyl (C=O) groups excluding carboxylic acids is 1. The van der Waals surface area contributed by atoms with Crippen LogP contribution in [0.2, 0.25) is 0 Å². The highest BCUT2D eigenvalue weighted by atomic mass is 16.5. The van der Waals surface area contributed by atoms with Gasteiger partial charge in [0.1, 0.15) is 0 Å². The van der Waals surface area contributed by atoms with Gasteiger partial charge in [-0.3, -0.25) is 9.69 Å². The van der Waals surface area contributed by atoms with E-state index in [0.29, 0.717) is 13.2 Å². The number of rotatable bonds is 4. The minimum absolute atomic E-state index is 0.0194. The molecule has 0 aliphatic carbocycles. The van der Waals surface area contributed by atoms with Gasteiger partial charge in [-0.1, -0.05) is 5.21 Å². The summed E-state index contributed by atoms with van der Waals surface area (Å²) in [6.45, 7) is 8.71. The number of nitrogens with one attached hydrogen (secondary N) is 1. The van der Waals surface area contributed by atoms with Crippen molar-refractivity contribution in [3.8, 4) is 5.69 Å². The highest BCUT2D eigenvalue weighted by Crippen LogP contribution is 2.20. The van der Waals surface area contributed by atoms with E-state index in [9.17, 15) is 4.79 Å². The van der Waals surface area contributed by atoms with Crippen LogP contribution in [0.1, 0.15) is 19.5 Å². The van der Waals surface area contributed by atoms with Crippen LogP contribution in [0.3, 0.4) is 0 Å². The van der Waals surface area contributed by atoms with Gasteiger partial charge in [0.25, 0.3) is 0 Å². The molecule has 0 radical (unpaired) electrons. The van der Waals surface area contributed by atoms with Gasteiger partial charge >= 0.3 is 0 Å². The van der Waals surface area contributed by atoms with Crippen molar-refractivity contribution in [2.24, 2.45) is 0 Å². The fraction of sp³-hybridized carbons (Fsp3) is 0.471. The van der Waals surface area contributed by atoms with Crippen LogP contribution in [-0.2, 0) is 9.53 Å². The zero-order valence-corrected chi connectivity index (χ0v) is 14.3. The van der Waals surface area contributed by atoms with Crippen LogP contribution >= 0.6 is 0 Å². The maximum atomic E-state index is 12.7. The molecule has 0 atom stereocenters. The van der Waals surface area contributed by atoms with Crippen molar-refractivity contribution < 1.29 is 9.53 Å². The van der Waals surface area contributed by atoms with Crippen LogP contribution < -0.4 is 5.32 Å². The van der Waals surface area contributed by atoms with Crippen molar-refractivity contribution in [1.29, 1.82) is 0 Å². The summed E-state index contributed by atoms with van der Waals surface area (Å²) in [5.74, 6) is -0.0194. The number of amides is 1. The Labute approximate surface area is 141 Å². The number of morpholine rings is 1. The van der Waals surface area contributed by atoms with Crippen LogP contribution in [0, 0.1) is 6.92 Å². The van der Waals surface area contributed by atoms with E-state index in [4.69, 9.17) is 4.74 Å². The third-order valence-corrected chi connectivity index (χ3v) is 4.45. The summed E-state index contributed by atoms with van der Waals surface area (Å²) in [6.07, 6.45) is 1.71. The second-order valence-corrected chi connectivity index (χ2v) is 6.45. The van der Waals surface area contributed by atoms with Gasteiger partial charge < -0.3 is 10.1 Å². The van der Waals surface area contributed by atoms with Crippen molar-refractivity contribution in [3.05, 3.63) is 36.2 Å². The molecule has 2 aromatic rings. The number of ether oxygens (including phenoxy) is 1. The largest absolute Gasteiger partial charge is 0.379 e. The van der Waals surface area contributed by atoms with E-state index >= 15 is 0 Å². The second kappa shape index (κ2) is 6.70. The molecule has 2 heterocycles. The summed E-state index contributed by atoms with van der Waals surface area (Å²) in [5, 5.41) is 10.9. The topological polar surface area (TPSA) is 72.3 Å². The van der Waals surface area contributed by atoms with E-state index in [1.807, 2.05) is 45.0 Å². The Hall–Kier alpha value is -2.25. The van der Waals surface area contributed by atoms with Crippen LogP contribution in [0.15, 0.2) is 30.5 Å². The van der Waals surface area contributed by atoms with Crippen LogP contribution in [0.5, 0.6) is 0 Å². The number of nitrogens with zero attached hydrogens (tertiary/aromatic N) is 4. The lowest BCUT2D eigenvalue weighted by molar-refractivity contribution is -0.129. The number of aryl methyl sites for hydroxylation is 1. The summed E-state index contributed by atoms with van der Waals surface area (Å²) in [6, 6.07) is 7.59. The smallest absolute Gasteiger partial charge is 0.244 e. The molecule has 1 aliphatic heterocycles. The number of carbonyl (C=O) groups is 1. The first-order valence-corrected chi connectivity index (χ1v) is 8.10. The molecule has 0 unspecified atom stereocenters. The van der Waals surface area contributed by atoms with Crippen LogP contribution in [0.25, 0.3) is 5.69 Å². The molecular formula is C17H23N5O2. The zero-order chi connectivity index (χ0) is 17.2. The highest BCUT2D eigenvalue weighted by Gasteiger charge is 2.35. The number of hydrogen-bond acceptors (Lipinski definition) is 5. The average molecular weight is 329 g/mol. The molecule has 1 aliphatic rings. The minimum Gasteiger partial charge on any atom is -0.379 e. The number of hydrogen-bond donors (Lipinski definition) is 1. The third kappa shape index (κ3) is 3.32. The molecule has 0 bridgehead atoms. The lowest BCUT2D eigenvalue weighted by atomic mass is 10.0. The summed E-state index contributed by atoms with van der Waals surface area (Å²) in [5.41, 5.74) is 2.06. The quantitative estimate of drug-likeness (QED) is 0.923. The van der Waals surface area contributed by atoms with Crippen LogP contribution in [0.4, 0.5) is 5.69 Å². The molecule has 0 saturated carbocycles. The lowest BCUT2D eigenvalue weighted by Crippen LogP contribution is -2.56. The fourth-order valence-corrected chi connectivity index (χ4v) is 2.78. The van der Waals surface area contributed by atoms with E-state index in [1.54, 1.807) is 10.9 Å². The standard InChI is InChI=1S/C17H23N5O2/c1-13-12-18-20-22(13)15-6-4-14(5-7-15)19-16(23)17(2,3)21-8-10-24-11-9-21/h4-7,12H,8-11H2,1-3H3,(H,19,23). The Bertz CT molecular complexity index is 702. The molecule has 1 aromatic carbocycles. The third-order valence-electron chi connectivity index (χ3n) is 4.45. The van der Waals surface area contributed by atoms with Gasteiger partial charge in [0.15, 0.2) is 0 Å². The lowest BCUT2D eigenvalue weighted by Gasteiger charge is -2.39. The molecule has 1 N–H and O–H groups in total. The summed E-state index contributed by atoms with van der Waals surface area (Å²) < 4.78 is 7.12. The van der Waals surface area contributed by atoms with Crippen molar-refractivity contribution in [2.75, 3.05) is 31.6 Å². The van der Waals surface area contributed by atoms with E-state index < -0.39 is 5.54 Å². The molecule has 1 aromatic heterocycles. The second-order valence-electron chi connectivity index (χ2n) is 6.45. The Morgan fingerprint density at radius 1 is 1.21 bits per heavy atom. The SMILES string of the molecule is Cc1cnnn1-c1ccc(NC(=O)C(C)(C)N2CCOCC2)cc1. The first kappa shape index (κ1) is 16.6. The van der Waals surface area contributed by atoms with Crippen molar-refractivity contribution in [3.63, 3.8) is 0 Å². The predicted molar refractivity (Wildman–Crippen MR) is 91.2 cm³/mol. The summed E-state index contributed by atoms with van der Waals surface area (Å²) in [4.78, 5) is 14.8. The first-order chi connectivity index (χ1) is 11.5. The van der Waals surface area contributed by atoms with Gasteiger partial charge in [-0.25, -0.2) is 4.68 Å². The molecule has 3 rings (SSSR count). The van der Waals surface area contributed by atoms with E-state index in [2.05, 4.69) is 20.5 Å². The maximum absolute atomic E-state index is 12.7. The molecule has 1 saturated heterocycles. The van der Waals surface area contributed by atoms with Crippen LogP contribution in [-0.4, -0.2) is 57.6 Å². The van der Waals surface area contributed by atoms with E-state index in [1.165, 1.54) is 0 Å². The first-order valence-electron chi connectivity index (χ1n) is 8.10. The molecular weight excluding hydrogens is 306 g/mol. The van der Waals surface area contributed by atoms with Crippen molar-refractivity contribution >= 4 is 11.6 Å². The Kier molecular flexibility index (Phi) is 4.64. The number of aromatic nitrogens is 3. The molecule has 7 heteroatoms. The summed E-state index contributed by atoms with van der Waals surface area (Å²) in [7, 11) is 0. The predicted octanol–water partition coefficient (Wildman–Crippen LogP) is 1.63. The molecule has 1 amide bonds. The number of anilines is 1. The molecule has 7 nitrogen and oxygen atoms in total. The molecule has 128 valence electrons. The molecule has 0 spiro atoms. The average Bonchev–Trinajstić information content (AvgIpc) is 3.02. The Morgan fingerprint density at radius 3 is 2.46 bits per heavy atom. The van der Waals surface area contributed by atoms with E-state index in [-0.39, 0.29) is 5.91 Å². The number of benzene rings is 1. The minimum atomic E-state index is -0.578. The monoisotopic (exact) mass is 329 g/mol. The Balaban J connectivity index is 1.69. The van der Waals surface area contributed by atoms with Gasteiger partial charge in [-0.15, -0.1) is 5.10 Å². The Morgan fingerprint density at radius 2 is 1.88 bits per heavy atom.